The molecule has 1 atom stereocenters. The second-order valence-corrected chi connectivity index (χ2v) is 10.1. The highest BCUT2D eigenvalue weighted by Gasteiger charge is 2.34. The van der Waals surface area contributed by atoms with Crippen molar-refractivity contribution >= 4 is 27.5 Å². The molecule has 0 aliphatic heterocycles. The molecule has 3 aromatic carbocycles. The molecule has 2 amide bonds. The Morgan fingerprint density at radius 1 is 0.944 bits per heavy atom. The molecule has 0 aliphatic carbocycles. The number of likely N-dealkylation sites (N-methyl/N-ethyl adjacent to an activating group) is 1. The Morgan fingerprint density at radius 2 is 1.56 bits per heavy atom. The van der Waals surface area contributed by atoms with Crippen LogP contribution in [0, 0.1) is 12.7 Å². The van der Waals surface area contributed by atoms with E-state index >= 15 is 0 Å². The number of nitrogens with zero attached hydrogens (tertiary/aromatic N) is 2. The van der Waals surface area contributed by atoms with Gasteiger partial charge in [0, 0.05) is 13.6 Å². The van der Waals surface area contributed by atoms with Gasteiger partial charge in [-0.2, -0.15) is 0 Å². The van der Waals surface area contributed by atoms with Crippen molar-refractivity contribution in [1.82, 2.24) is 10.2 Å². The molecule has 3 aromatic rings. The average molecular weight is 512 g/mol. The van der Waals surface area contributed by atoms with E-state index in [1.165, 1.54) is 42.3 Å². The van der Waals surface area contributed by atoms with Gasteiger partial charge in [0.15, 0.2) is 0 Å². The molecule has 0 saturated heterocycles. The lowest BCUT2D eigenvalue weighted by molar-refractivity contribution is -0.140. The van der Waals surface area contributed by atoms with Gasteiger partial charge in [0.2, 0.25) is 11.8 Å². The molecule has 0 aliphatic rings. The smallest absolute Gasteiger partial charge is 0.264 e. The molecule has 36 heavy (non-hydrogen) atoms. The Morgan fingerprint density at radius 3 is 2.17 bits per heavy atom. The molecular formula is C27H30FN3O4S. The molecule has 0 saturated carbocycles. The number of halogens is 1. The normalized spacial score (nSPS) is 12.0. The van der Waals surface area contributed by atoms with Gasteiger partial charge in [-0.05, 0) is 48.7 Å². The predicted molar refractivity (Wildman–Crippen MR) is 137 cm³/mol. The first-order valence-electron chi connectivity index (χ1n) is 11.6. The quantitative estimate of drug-likeness (QED) is 0.448. The zero-order valence-electron chi connectivity index (χ0n) is 20.5. The highest BCUT2D eigenvalue weighted by atomic mass is 32.2. The van der Waals surface area contributed by atoms with Gasteiger partial charge in [-0.15, -0.1) is 0 Å². The molecule has 0 fully saturated rings. The fraction of sp³-hybridized carbons (Fsp3) is 0.259. The summed E-state index contributed by atoms with van der Waals surface area (Å²) in [5.41, 5.74) is 1.49. The minimum Gasteiger partial charge on any atom is -0.357 e. The number of nitrogens with one attached hydrogen (secondary N) is 1. The maximum Gasteiger partial charge on any atom is 0.264 e. The fourth-order valence-electron chi connectivity index (χ4n) is 3.94. The summed E-state index contributed by atoms with van der Waals surface area (Å²) >= 11 is 0. The Labute approximate surface area is 211 Å². The van der Waals surface area contributed by atoms with Gasteiger partial charge in [0.25, 0.3) is 10.0 Å². The molecule has 9 heteroatoms. The fourth-order valence-corrected chi connectivity index (χ4v) is 5.39. The second kappa shape index (κ2) is 11.8. The topological polar surface area (TPSA) is 86.8 Å². The lowest BCUT2D eigenvalue weighted by Crippen LogP contribution is -2.52. The third kappa shape index (κ3) is 5.91. The zero-order valence-corrected chi connectivity index (χ0v) is 21.3. The third-order valence-corrected chi connectivity index (χ3v) is 7.74. The highest BCUT2D eigenvalue weighted by molar-refractivity contribution is 7.92. The van der Waals surface area contributed by atoms with Crippen LogP contribution in [0.15, 0.2) is 83.8 Å². The van der Waals surface area contributed by atoms with E-state index in [0.29, 0.717) is 6.42 Å². The predicted octanol–water partition coefficient (Wildman–Crippen LogP) is 3.88. The summed E-state index contributed by atoms with van der Waals surface area (Å²) in [6, 6.07) is 19.5. The summed E-state index contributed by atoms with van der Waals surface area (Å²) < 4.78 is 42.8. The number of anilines is 1. The van der Waals surface area contributed by atoms with Crippen molar-refractivity contribution in [2.45, 2.75) is 37.8 Å². The van der Waals surface area contributed by atoms with Crippen LogP contribution in [0.3, 0.4) is 0 Å². The Kier molecular flexibility index (Phi) is 8.82. The Hall–Kier alpha value is -3.72. The number of rotatable bonds is 10. The van der Waals surface area contributed by atoms with Crippen LogP contribution >= 0.6 is 0 Å². The number of aryl methyl sites for hydroxylation is 1. The van der Waals surface area contributed by atoms with Crippen molar-refractivity contribution in [1.29, 1.82) is 0 Å². The largest absolute Gasteiger partial charge is 0.357 e. The van der Waals surface area contributed by atoms with E-state index in [1.807, 2.05) is 31.2 Å². The third-order valence-electron chi connectivity index (χ3n) is 5.97. The van der Waals surface area contributed by atoms with E-state index < -0.39 is 34.3 Å². The lowest BCUT2D eigenvalue weighted by Gasteiger charge is -2.33. The van der Waals surface area contributed by atoms with E-state index in [9.17, 15) is 22.4 Å². The molecule has 0 unspecified atom stereocenters. The van der Waals surface area contributed by atoms with Crippen LogP contribution in [0.2, 0.25) is 0 Å². The highest BCUT2D eigenvalue weighted by Crippen LogP contribution is 2.27. The van der Waals surface area contributed by atoms with Crippen LogP contribution in [0.5, 0.6) is 0 Å². The molecule has 7 nitrogen and oxygen atoms in total. The zero-order chi connectivity index (χ0) is 26.3. The number of benzene rings is 3. The molecule has 0 bridgehead atoms. The van der Waals surface area contributed by atoms with Gasteiger partial charge < -0.3 is 10.2 Å². The summed E-state index contributed by atoms with van der Waals surface area (Å²) in [5.74, 6) is -1.78. The number of sulfonamides is 1. The molecule has 1 N–H and O–H groups in total. The summed E-state index contributed by atoms with van der Waals surface area (Å²) in [6.45, 7) is 3.07. The van der Waals surface area contributed by atoms with Gasteiger partial charge in [-0.25, -0.2) is 12.8 Å². The van der Waals surface area contributed by atoms with Crippen molar-refractivity contribution in [3.63, 3.8) is 0 Å². The Bertz CT molecular complexity index is 1320. The molecule has 3 rings (SSSR count). The number of carbonyl (C=O) groups excluding carboxylic acids is 2. The number of hydrogen-bond donors (Lipinski definition) is 1. The van der Waals surface area contributed by atoms with Crippen LogP contribution in [-0.2, 0) is 26.2 Å². The van der Waals surface area contributed by atoms with E-state index in [2.05, 4.69) is 5.32 Å². The minimum atomic E-state index is -4.30. The van der Waals surface area contributed by atoms with Crippen molar-refractivity contribution < 1.29 is 22.4 Å². The van der Waals surface area contributed by atoms with Crippen molar-refractivity contribution in [3.05, 3.63) is 95.8 Å². The Balaban J connectivity index is 2.08. The minimum absolute atomic E-state index is 0.0788. The van der Waals surface area contributed by atoms with Crippen LogP contribution in [-0.4, -0.2) is 44.8 Å². The first-order valence-corrected chi connectivity index (χ1v) is 13.0. The van der Waals surface area contributed by atoms with Crippen molar-refractivity contribution in [3.8, 4) is 0 Å². The number of amides is 2. The summed E-state index contributed by atoms with van der Waals surface area (Å²) in [4.78, 5) is 27.7. The van der Waals surface area contributed by atoms with Gasteiger partial charge in [0.05, 0.1) is 10.6 Å². The molecular weight excluding hydrogens is 481 g/mol. The van der Waals surface area contributed by atoms with Crippen LogP contribution in [0.25, 0.3) is 0 Å². The first-order chi connectivity index (χ1) is 17.2. The van der Waals surface area contributed by atoms with E-state index in [-0.39, 0.29) is 23.0 Å². The van der Waals surface area contributed by atoms with Crippen LogP contribution in [0.4, 0.5) is 10.1 Å². The van der Waals surface area contributed by atoms with E-state index in [4.69, 9.17) is 0 Å². The molecule has 0 spiro atoms. The molecule has 0 aromatic heterocycles. The number of hydrogen-bond acceptors (Lipinski definition) is 4. The average Bonchev–Trinajstić information content (AvgIpc) is 2.88. The summed E-state index contributed by atoms with van der Waals surface area (Å²) in [5, 5.41) is 2.58. The number of carbonyl (C=O) groups is 2. The summed E-state index contributed by atoms with van der Waals surface area (Å²) in [7, 11) is -2.82. The van der Waals surface area contributed by atoms with Crippen molar-refractivity contribution in [2.24, 2.45) is 0 Å². The maximum absolute atomic E-state index is 14.8. The molecule has 0 radical (unpaired) electrons. The first kappa shape index (κ1) is 26.9. The van der Waals surface area contributed by atoms with Gasteiger partial charge in [-0.3, -0.25) is 13.9 Å². The second-order valence-electron chi connectivity index (χ2n) is 8.26. The molecule has 0 heterocycles. The maximum atomic E-state index is 14.8. The standard InChI is InChI=1S/C27H30FN3O4S/c1-4-24(27(33)29-3)30(18-21-13-9-8-12-20(21)2)26(32)19-31(25-17-11-10-16-23(25)28)36(34,35)22-14-6-5-7-15-22/h5-17,24H,4,18-19H2,1-3H3,(H,29,33)/t24-/m0/s1. The van der Waals surface area contributed by atoms with E-state index in [1.54, 1.807) is 25.1 Å². The lowest BCUT2D eigenvalue weighted by atomic mass is 10.1. The van der Waals surface area contributed by atoms with Crippen molar-refractivity contribution in [2.75, 3.05) is 17.9 Å². The van der Waals surface area contributed by atoms with Crippen LogP contribution < -0.4 is 9.62 Å². The van der Waals surface area contributed by atoms with E-state index in [0.717, 1.165) is 21.5 Å². The monoisotopic (exact) mass is 511 g/mol. The van der Waals surface area contributed by atoms with Gasteiger partial charge >= 0.3 is 0 Å². The summed E-state index contributed by atoms with van der Waals surface area (Å²) in [6.07, 6.45) is 0.308. The van der Waals surface area contributed by atoms with Crippen LogP contribution in [0.1, 0.15) is 24.5 Å². The van der Waals surface area contributed by atoms with Gasteiger partial charge in [-0.1, -0.05) is 61.5 Å². The molecule has 190 valence electrons. The SMILES string of the molecule is CC[C@@H](C(=O)NC)N(Cc1ccccc1C)C(=O)CN(c1ccccc1F)S(=O)(=O)c1ccccc1. The number of para-hydroxylation sites is 1. The van der Waals surface area contributed by atoms with Gasteiger partial charge in [0.1, 0.15) is 18.4 Å².